The molecule has 1 amide bonds. The maximum Gasteiger partial charge on any atom is 0.257 e. The molecule has 104 valence electrons. The minimum Gasteiger partial charge on any atom is -0.508 e. The van der Waals surface area contributed by atoms with Crippen LogP contribution >= 0.6 is 27.5 Å². The van der Waals surface area contributed by atoms with Crippen LogP contribution < -0.4 is 5.32 Å². The molecule has 0 unspecified atom stereocenters. The van der Waals surface area contributed by atoms with Crippen molar-refractivity contribution in [2.75, 3.05) is 5.32 Å². The predicted octanol–water partition coefficient (Wildman–Crippen LogP) is 4.68. The summed E-state index contributed by atoms with van der Waals surface area (Å²) in [5.74, 6) is -0.344. The van der Waals surface area contributed by atoms with E-state index in [0.717, 1.165) is 21.3 Å². The van der Waals surface area contributed by atoms with Crippen molar-refractivity contribution in [2.24, 2.45) is 0 Å². The zero-order valence-electron chi connectivity index (χ0n) is 11.0. The maximum absolute atomic E-state index is 12.3. The number of phenolic OH excluding ortho intramolecular Hbond substituents is 1. The molecule has 0 atom stereocenters. The Balaban J connectivity index is 2.35. The van der Waals surface area contributed by atoms with Crippen LogP contribution in [-0.4, -0.2) is 11.0 Å². The highest BCUT2D eigenvalue weighted by molar-refractivity contribution is 9.10. The molecule has 0 radical (unpaired) electrons. The number of benzene rings is 2. The second-order valence-electron chi connectivity index (χ2n) is 4.53. The molecule has 5 heteroatoms. The molecule has 0 aliphatic rings. The molecule has 3 nitrogen and oxygen atoms in total. The van der Waals surface area contributed by atoms with E-state index < -0.39 is 0 Å². The Hall–Kier alpha value is -1.52. The standard InChI is InChI=1S/C15H13BrClNO2/c1-8-5-10(16)6-9(2)14(8)18-15(20)12-7-11(19)3-4-13(12)17/h3-7,19H,1-2H3,(H,18,20). The average Bonchev–Trinajstić information content (AvgIpc) is 2.36. The summed E-state index contributed by atoms with van der Waals surface area (Å²) >= 11 is 9.40. The van der Waals surface area contributed by atoms with E-state index in [-0.39, 0.29) is 17.2 Å². The minimum atomic E-state index is -0.348. The van der Waals surface area contributed by atoms with Crippen molar-refractivity contribution in [3.63, 3.8) is 0 Å². The Bertz CT molecular complexity index is 663. The highest BCUT2D eigenvalue weighted by atomic mass is 79.9. The molecule has 0 saturated heterocycles. The summed E-state index contributed by atoms with van der Waals surface area (Å²) < 4.78 is 0.959. The third-order valence-electron chi connectivity index (χ3n) is 2.93. The third-order valence-corrected chi connectivity index (χ3v) is 3.72. The van der Waals surface area contributed by atoms with Crippen molar-refractivity contribution >= 4 is 39.1 Å². The number of carbonyl (C=O) groups excluding carboxylic acids is 1. The fraction of sp³-hybridized carbons (Fsp3) is 0.133. The lowest BCUT2D eigenvalue weighted by molar-refractivity contribution is 0.102. The number of hydrogen-bond acceptors (Lipinski definition) is 2. The van der Waals surface area contributed by atoms with Crippen molar-refractivity contribution in [2.45, 2.75) is 13.8 Å². The van der Waals surface area contributed by atoms with Crippen molar-refractivity contribution in [3.05, 3.63) is 56.5 Å². The Labute approximate surface area is 130 Å². The van der Waals surface area contributed by atoms with Gasteiger partial charge in [-0.2, -0.15) is 0 Å². The molecular weight excluding hydrogens is 342 g/mol. The first-order chi connectivity index (χ1) is 9.38. The molecule has 0 spiro atoms. The van der Waals surface area contributed by atoms with Crippen LogP contribution in [0.25, 0.3) is 0 Å². The molecule has 2 N–H and O–H groups in total. The third kappa shape index (κ3) is 3.14. The molecule has 0 bridgehead atoms. The number of aryl methyl sites for hydroxylation is 2. The summed E-state index contributed by atoms with van der Waals surface area (Å²) in [6.45, 7) is 3.83. The van der Waals surface area contributed by atoms with Crippen LogP contribution in [0.5, 0.6) is 5.75 Å². The number of anilines is 1. The van der Waals surface area contributed by atoms with E-state index >= 15 is 0 Å². The number of halogens is 2. The quantitative estimate of drug-likeness (QED) is 0.823. The number of rotatable bonds is 2. The topological polar surface area (TPSA) is 49.3 Å². The number of nitrogens with one attached hydrogen (secondary N) is 1. The van der Waals surface area contributed by atoms with Crippen LogP contribution in [0, 0.1) is 13.8 Å². The van der Waals surface area contributed by atoms with E-state index in [0.29, 0.717) is 5.02 Å². The van der Waals surface area contributed by atoms with Gasteiger partial charge in [0.1, 0.15) is 5.75 Å². The van der Waals surface area contributed by atoms with Gasteiger partial charge in [0.25, 0.3) is 5.91 Å². The first-order valence-electron chi connectivity index (χ1n) is 5.95. The van der Waals surface area contributed by atoms with Gasteiger partial charge in [-0.3, -0.25) is 4.79 Å². The molecule has 0 aromatic heterocycles. The van der Waals surface area contributed by atoms with Gasteiger partial charge in [-0.05, 0) is 55.3 Å². The molecule has 2 aromatic carbocycles. The molecule has 0 fully saturated rings. The van der Waals surface area contributed by atoms with Crippen molar-refractivity contribution in [1.29, 1.82) is 0 Å². The van der Waals surface area contributed by atoms with Gasteiger partial charge in [0.05, 0.1) is 10.6 Å². The lowest BCUT2D eigenvalue weighted by Crippen LogP contribution is -2.14. The van der Waals surface area contributed by atoms with Crippen molar-refractivity contribution in [1.82, 2.24) is 0 Å². The average molecular weight is 355 g/mol. The van der Waals surface area contributed by atoms with Crippen LogP contribution in [0.15, 0.2) is 34.8 Å². The number of amides is 1. The molecular formula is C15H13BrClNO2. The summed E-state index contributed by atoms with van der Waals surface area (Å²) in [5, 5.41) is 12.6. The fourth-order valence-electron chi connectivity index (χ4n) is 1.98. The Morgan fingerprint density at radius 3 is 2.40 bits per heavy atom. The lowest BCUT2D eigenvalue weighted by Gasteiger charge is -2.13. The summed E-state index contributed by atoms with van der Waals surface area (Å²) in [4.78, 5) is 12.3. The normalized spacial score (nSPS) is 10.4. The van der Waals surface area contributed by atoms with E-state index in [1.807, 2.05) is 26.0 Å². The van der Waals surface area contributed by atoms with E-state index in [4.69, 9.17) is 11.6 Å². The number of carbonyl (C=O) groups is 1. The zero-order chi connectivity index (χ0) is 14.9. The van der Waals surface area contributed by atoms with Crippen molar-refractivity contribution < 1.29 is 9.90 Å². The largest absolute Gasteiger partial charge is 0.508 e. The van der Waals surface area contributed by atoms with Gasteiger partial charge in [0, 0.05) is 10.2 Å². The lowest BCUT2D eigenvalue weighted by atomic mass is 10.1. The van der Waals surface area contributed by atoms with Crippen LogP contribution in [-0.2, 0) is 0 Å². The number of phenols is 1. The molecule has 20 heavy (non-hydrogen) atoms. The molecule has 0 heterocycles. The van der Waals surface area contributed by atoms with Gasteiger partial charge in [-0.1, -0.05) is 27.5 Å². The Morgan fingerprint density at radius 1 is 1.20 bits per heavy atom. The molecule has 0 aliphatic carbocycles. The van der Waals surface area contributed by atoms with E-state index in [2.05, 4.69) is 21.2 Å². The highest BCUT2D eigenvalue weighted by Crippen LogP contribution is 2.27. The fourth-order valence-corrected chi connectivity index (χ4v) is 2.87. The summed E-state index contributed by atoms with van der Waals surface area (Å²) in [5.41, 5.74) is 2.88. The number of hydrogen-bond donors (Lipinski definition) is 2. The van der Waals surface area contributed by atoms with E-state index in [1.165, 1.54) is 18.2 Å². The molecule has 0 saturated carbocycles. The summed E-state index contributed by atoms with van der Waals surface area (Å²) in [6.07, 6.45) is 0. The molecule has 0 aliphatic heterocycles. The summed E-state index contributed by atoms with van der Waals surface area (Å²) in [7, 11) is 0. The summed E-state index contributed by atoms with van der Waals surface area (Å²) in [6, 6.07) is 8.13. The Kier molecular flexibility index (Phi) is 4.35. The molecule has 2 rings (SSSR count). The molecule has 2 aromatic rings. The van der Waals surface area contributed by atoms with E-state index in [1.54, 1.807) is 0 Å². The maximum atomic E-state index is 12.3. The van der Waals surface area contributed by atoms with Gasteiger partial charge in [0.15, 0.2) is 0 Å². The van der Waals surface area contributed by atoms with Gasteiger partial charge in [0.2, 0.25) is 0 Å². The monoisotopic (exact) mass is 353 g/mol. The zero-order valence-corrected chi connectivity index (χ0v) is 13.3. The van der Waals surface area contributed by atoms with E-state index in [9.17, 15) is 9.90 Å². The van der Waals surface area contributed by atoms with Gasteiger partial charge >= 0.3 is 0 Å². The van der Waals surface area contributed by atoms with Crippen LogP contribution in [0.4, 0.5) is 5.69 Å². The first-order valence-corrected chi connectivity index (χ1v) is 7.12. The van der Waals surface area contributed by atoms with Crippen LogP contribution in [0.3, 0.4) is 0 Å². The Morgan fingerprint density at radius 2 is 1.80 bits per heavy atom. The van der Waals surface area contributed by atoms with Crippen molar-refractivity contribution in [3.8, 4) is 5.75 Å². The van der Waals surface area contributed by atoms with Gasteiger partial charge < -0.3 is 10.4 Å². The number of aromatic hydroxyl groups is 1. The highest BCUT2D eigenvalue weighted by Gasteiger charge is 2.14. The minimum absolute atomic E-state index is 0.00352. The van der Waals surface area contributed by atoms with Gasteiger partial charge in [-0.15, -0.1) is 0 Å². The smallest absolute Gasteiger partial charge is 0.257 e. The first kappa shape index (κ1) is 14.9. The second-order valence-corrected chi connectivity index (χ2v) is 5.86. The van der Waals surface area contributed by atoms with Crippen LogP contribution in [0.2, 0.25) is 5.02 Å². The second kappa shape index (κ2) is 5.85. The van der Waals surface area contributed by atoms with Gasteiger partial charge in [-0.25, -0.2) is 0 Å². The predicted molar refractivity (Wildman–Crippen MR) is 84.7 cm³/mol. The van der Waals surface area contributed by atoms with Crippen LogP contribution in [0.1, 0.15) is 21.5 Å². The SMILES string of the molecule is Cc1cc(Br)cc(C)c1NC(=O)c1cc(O)ccc1Cl.